The van der Waals surface area contributed by atoms with Gasteiger partial charge in [-0.1, -0.05) is 35.3 Å². The second-order valence-electron chi connectivity index (χ2n) is 3.84. The summed E-state index contributed by atoms with van der Waals surface area (Å²) in [5.74, 6) is 0.778. The lowest BCUT2D eigenvalue weighted by atomic mass is 10.1. The van der Waals surface area contributed by atoms with Gasteiger partial charge in [0.25, 0.3) is 0 Å². The van der Waals surface area contributed by atoms with Crippen molar-refractivity contribution in [3.63, 3.8) is 0 Å². The molecule has 90 valence electrons. The summed E-state index contributed by atoms with van der Waals surface area (Å²) in [5, 5.41) is 9.38. The highest BCUT2D eigenvalue weighted by atomic mass is 35.5. The van der Waals surface area contributed by atoms with Crippen LogP contribution in [0, 0.1) is 0 Å². The normalized spacial score (nSPS) is 11.0. The Morgan fingerprint density at radius 1 is 1.00 bits per heavy atom. The number of aromatic nitrogens is 4. The number of halogens is 2. The Morgan fingerprint density at radius 2 is 1.78 bits per heavy atom. The molecule has 3 rings (SSSR count). The van der Waals surface area contributed by atoms with Crippen molar-refractivity contribution in [2.75, 3.05) is 0 Å². The molecule has 0 saturated carbocycles. The molecule has 0 N–H and O–H groups in total. The van der Waals surface area contributed by atoms with Gasteiger partial charge >= 0.3 is 0 Å². The summed E-state index contributed by atoms with van der Waals surface area (Å²) >= 11 is 11.9. The maximum atomic E-state index is 6.09. The van der Waals surface area contributed by atoms with E-state index in [0.29, 0.717) is 22.2 Å². The Morgan fingerprint density at radius 3 is 2.56 bits per heavy atom. The van der Waals surface area contributed by atoms with Crippen molar-refractivity contribution in [3.8, 4) is 0 Å². The molecule has 2 aromatic heterocycles. The van der Waals surface area contributed by atoms with Crippen LogP contribution in [0.2, 0.25) is 10.2 Å². The first-order valence-electron chi connectivity index (χ1n) is 5.32. The maximum Gasteiger partial charge on any atom is 0.180 e. The number of fused-ring (bicyclic) bond motifs is 1. The first-order valence-corrected chi connectivity index (χ1v) is 6.07. The van der Waals surface area contributed by atoms with Gasteiger partial charge in [-0.3, -0.25) is 9.38 Å². The van der Waals surface area contributed by atoms with Gasteiger partial charge in [0, 0.05) is 11.4 Å². The lowest BCUT2D eigenvalue weighted by molar-refractivity contribution is 0.932. The van der Waals surface area contributed by atoms with Crippen molar-refractivity contribution < 1.29 is 0 Å². The molecule has 0 fully saturated rings. The molecule has 18 heavy (non-hydrogen) atoms. The van der Waals surface area contributed by atoms with Crippen LogP contribution in [0.4, 0.5) is 0 Å². The monoisotopic (exact) mass is 278 g/mol. The summed E-state index contributed by atoms with van der Waals surface area (Å²) in [4.78, 5) is 3.97. The van der Waals surface area contributed by atoms with E-state index in [1.807, 2.05) is 24.3 Å². The number of hydrogen-bond acceptors (Lipinski definition) is 3. The number of rotatable bonds is 2. The standard InChI is InChI=1S/C12H8Cl2N4/c13-9-3-1-8(2-4-9)5-11-16-17-12-7-15-6-10(14)18(11)12/h1-4,6-7H,5H2. The van der Waals surface area contributed by atoms with Crippen LogP contribution in [0.5, 0.6) is 0 Å². The van der Waals surface area contributed by atoms with Gasteiger partial charge in [-0.25, -0.2) is 0 Å². The van der Waals surface area contributed by atoms with E-state index in [-0.39, 0.29) is 0 Å². The molecule has 0 spiro atoms. The average Bonchev–Trinajstić information content (AvgIpc) is 2.77. The van der Waals surface area contributed by atoms with Gasteiger partial charge in [0.05, 0.1) is 12.4 Å². The molecule has 0 aliphatic carbocycles. The minimum Gasteiger partial charge on any atom is -0.266 e. The molecular weight excluding hydrogens is 271 g/mol. The van der Waals surface area contributed by atoms with Gasteiger partial charge in [-0.05, 0) is 17.7 Å². The number of benzene rings is 1. The zero-order valence-corrected chi connectivity index (χ0v) is 10.7. The van der Waals surface area contributed by atoms with E-state index >= 15 is 0 Å². The summed E-state index contributed by atoms with van der Waals surface area (Å²) in [6.45, 7) is 0. The number of nitrogens with zero attached hydrogens (tertiary/aromatic N) is 4. The molecule has 3 aromatic rings. The Bertz CT molecular complexity index is 691. The Balaban J connectivity index is 2.02. The SMILES string of the molecule is Clc1ccc(Cc2nnc3cncc(Cl)n23)cc1. The lowest BCUT2D eigenvalue weighted by Gasteiger charge is -2.02. The quantitative estimate of drug-likeness (QED) is 0.724. The molecule has 0 aliphatic heterocycles. The second-order valence-corrected chi connectivity index (χ2v) is 4.67. The topological polar surface area (TPSA) is 43.1 Å². The van der Waals surface area contributed by atoms with E-state index in [1.54, 1.807) is 16.8 Å². The van der Waals surface area contributed by atoms with E-state index in [2.05, 4.69) is 15.2 Å². The lowest BCUT2D eigenvalue weighted by Crippen LogP contribution is -1.98. The first-order chi connectivity index (χ1) is 8.74. The van der Waals surface area contributed by atoms with Crippen molar-refractivity contribution in [1.82, 2.24) is 19.6 Å². The van der Waals surface area contributed by atoms with Gasteiger partial charge in [0.1, 0.15) is 11.0 Å². The van der Waals surface area contributed by atoms with Crippen molar-refractivity contribution in [2.24, 2.45) is 0 Å². The fourth-order valence-corrected chi connectivity index (χ4v) is 2.14. The van der Waals surface area contributed by atoms with Crippen molar-refractivity contribution in [2.45, 2.75) is 6.42 Å². The predicted octanol–water partition coefficient (Wildman–Crippen LogP) is 3.02. The molecule has 0 bridgehead atoms. The van der Waals surface area contributed by atoms with Crippen LogP contribution in [0.25, 0.3) is 5.65 Å². The Kier molecular flexibility index (Phi) is 2.89. The molecule has 0 atom stereocenters. The Hall–Kier alpha value is -1.65. The summed E-state index contributed by atoms with van der Waals surface area (Å²) in [6.07, 6.45) is 3.84. The fourth-order valence-electron chi connectivity index (χ4n) is 1.77. The van der Waals surface area contributed by atoms with Gasteiger partial charge < -0.3 is 0 Å². The van der Waals surface area contributed by atoms with Crippen LogP contribution in [0.3, 0.4) is 0 Å². The second kappa shape index (κ2) is 4.55. The Labute approximate surface area is 113 Å². The fraction of sp³-hybridized carbons (Fsp3) is 0.0833. The van der Waals surface area contributed by atoms with Crippen LogP contribution in [-0.4, -0.2) is 19.6 Å². The van der Waals surface area contributed by atoms with E-state index in [1.165, 1.54) is 0 Å². The molecule has 0 amide bonds. The third-order valence-corrected chi connectivity index (χ3v) is 3.13. The van der Waals surface area contributed by atoms with E-state index < -0.39 is 0 Å². The molecule has 0 saturated heterocycles. The predicted molar refractivity (Wildman–Crippen MR) is 70.1 cm³/mol. The molecular formula is C12H8Cl2N4. The first kappa shape index (κ1) is 11.4. The molecule has 4 nitrogen and oxygen atoms in total. The van der Waals surface area contributed by atoms with Gasteiger partial charge in [-0.2, -0.15) is 0 Å². The third kappa shape index (κ3) is 2.05. The molecule has 0 unspecified atom stereocenters. The molecule has 2 heterocycles. The summed E-state index contributed by atoms with van der Waals surface area (Å²) < 4.78 is 1.78. The van der Waals surface area contributed by atoms with Crippen LogP contribution >= 0.6 is 23.2 Å². The van der Waals surface area contributed by atoms with Crippen LogP contribution in [0.15, 0.2) is 36.7 Å². The average molecular weight is 279 g/mol. The summed E-state index contributed by atoms with van der Waals surface area (Å²) in [7, 11) is 0. The zero-order valence-electron chi connectivity index (χ0n) is 9.22. The zero-order chi connectivity index (χ0) is 12.5. The summed E-state index contributed by atoms with van der Waals surface area (Å²) in [5.41, 5.74) is 1.74. The highest BCUT2D eigenvalue weighted by Crippen LogP contribution is 2.16. The number of hydrogen-bond donors (Lipinski definition) is 0. The molecule has 6 heteroatoms. The van der Waals surface area contributed by atoms with E-state index in [0.717, 1.165) is 11.4 Å². The van der Waals surface area contributed by atoms with Crippen molar-refractivity contribution in [1.29, 1.82) is 0 Å². The minimum atomic E-state index is 0.501. The van der Waals surface area contributed by atoms with E-state index in [9.17, 15) is 0 Å². The van der Waals surface area contributed by atoms with Crippen molar-refractivity contribution >= 4 is 28.8 Å². The molecule has 0 radical (unpaired) electrons. The minimum absolute atomic E-state index is 0.501. The van der Waals surface area contributed by atoms with E-state index in [4.69, 9.17) is 23.2 Å². The van der Waals surface area contributed by atoms with Gasteiger partial charge in [0.15, 0.2) is 5.65 Å². The highest BCUT2D eigenvalue weighted by molar-refractivity contribution is 6.30. The third-order valence-electron chi connectivity index (χ3n) is 2.62. The molecule has 1 aromatic carbocycles. The largest absolute Gasteiger partial charge is 0.266 e. The molecule has 0 aliphatic rings. The van der Waals surface area contributed by atoms with Crippen LogP contribution in [0.1, 0.15) is 11.4 Å². The maximum absolute atomic E-state index is 6.09. The smallest absolute Gasteiger partial charge is 0.180 e. The van der Waals surface area contributed by atoms with Crippen molar-refractivity contribution in [3.05, 3.63) is 58.2 Å². The van der Waals surface area contributed by atoms with Gasteiger partial charge in [-0.15, -0.1) is 10.2 Å². The van der Waals surface area contributed by atoms with Crippen LogP contribution in [-0.2, 0) is 6.42 Å². The van der Waals surface area contributed by atoms with Gasteiger partial charge in [0.2, 0.25) is 0 Å². The highest BCUT2D eigenvalue weighted by Gasteiger charge is 2.09. The van der Waals surface area contributed by atoms with Crippen LogP contribution < -0.4 is 0 Å². The summed E-state index contributed by atoms with van der Waals surface area (Å²) in [6, 6.07) is 7.61.